The Hall–Kier alpha value is -1.74. The third-order valence-corrected chi connectivity index (χ3v) is 2.88. The molecule has 0 atom stereocenters. The molecular weight excluding hydrogens is 246 g/mol. The lowest BCUT2D eigenvalue weighted by Gasteiger charge is -2.13. The smallest absolute Gasteiger partial charge is 0.131 e. The van der Waals surface area contributed by atoms with Gasteiger partial charge in [-0.15, -0.1) is 0 Å². The highest BCUT2D eigenvalue weighted by atomic mass is 35.5. The lowest BCUT2D eigenvalue weighted by molar-refractivity contribution is 1.11. The van der Waals surface area contributed by atoms with Gasteiger partial charge in [0.2, 0.25) is 0 Å². The SMILES string of the molecule is CN(C)c1ccc(CNc2ccnc(Cl)c2)cc1. The van der Waals surface area contributed by atoms with E-state index in [1.165, 1.54) is 11.3 Å². The Balaban J connectivity index is 1.98. The van der Waals surface area contributed by atoms with Gasteiger partial charge in [0.15, 0.2) is 0 Å². The molecule has 2 aromatic rings. The molecule has 94 valence electrons. The van der Waals surface area contributed by atoms with E-state index in [-0.39, 0.29) is 0 Å². The number of hydrogen-bond acceptors (Lipinski definition) is 3. The van der Waals surface area contributed by atoms with Crippen LogP contribution in [-0.4, -0.2) is 19.1 Å². The van der Waals surface area contributed by atoms with E-state index < -0.39 is 0 Å². The number of nitrogens with one attached hydrogen (secondary N) is 1. The Kier molecular flexibility index (Phi) is 4.05. The molecule has 0 saturated heterocycles. The molecule has 0 aliphatic carbocycles. The lowest BCUT2D eigenvalue weighted by atomic mass is 10.2. The van der Waals surface area contributed by atoms with Crippen molar-refractivity contribution in [3.05, 3.63) is 53.3 Å². The number of rotatable bonds is 4. The van der Waals surface area contributed by atoms with Crippen molar-refractivity contribution >= 4 is 23.0 Å². The second kappa shape index (κ2) is 5.74. The van der Waals surface area contributed by atoms with E-state index in [0.717, 1.165) is 12.2 Å². The predicted molar refractivity (Wildman–Crippen MR) is 77.3 cm³/mol. The number of aromatic nitrogens is 1. The fourth-order valence-corrected chi connectivity index (χ4v) is 1.80. The van der Waals surface area contributed by atoms with Gasteiger partial charge < -0.3 is 10.2 Å². The van der Waals surface area contributed by atoms with Gasteiger partial charge in [-0.3, -0.25) is 0 Å². The summed E-state index contributed by atoms with van der Waals surface area (Å²) in [5.41, 5.74) is 3.41. The van der Waals surface area contributed by atoms with Gasteiger partial charge in [-0.05, 0) is 29.8 Å². The van der Waals surface area contributed by atoms with Crippen molar-refractivity contribution in [2.24, 2.45) is 0 Å². The largest absolute Gasteiger partial charge is 0.381 e. The van der Waals surface area contributed by atoms with Crippen molar-refractivity contribution in [3.63, 3.8) is 0 Å². The van der Waals surface area contributed by atoms with Gasteiger partial charge in [0.1, 0.15) is 5.15 Å². The van der Waals surface area contributed by atoms with Gasteiger partial charge in [-0.1, -0.05) is 23.7 Å². The second-order valence-electron chi connectivity index (χ2n) is 4.28. The van der Waals surface area contributed by atoms with Crippen LogP contribution in [0, 0.1) is 0 Å². The monoisotopic (exact) mass is 261 g/mol. The summed E-state index contributed by atoms with van der Waals surface area (Å²) in [5, 5.41) is 3.82. The van der Waals surface area contributed by atoms with Gasteiger partial charge in [-0.25, -0.2) is 4.98 Å². The molecule has 1 heterocycles. The molecule has 0 saturated carbocycles. The number of halogens is 1. The first kappa shape index (κ1) is 12.7. The highest BCUT2D eigenvalue weighted by Gasteiger charge is 1.97. The molecule has 0 radical (unpaired) electrons. The maximum Gasteiger partial charge on any atom is 0.131 e. The Morgan fingerprint density at radius 2 is 1.89 bits per heavy atom. The number of benzene rings is 1. The van der Waals surface area contributed by atoms with Gasteiger partial charge >= 0.3 is 0 Å². The Morgan fingerprint density at radius 1 is 1.17 bits per heavy atom. The molecule has 0 bridgehead atoms. The van der Waals surface area contributed by atoms with E-state index in [4.69, 9.17) is 11.6 Å². The fourth-order valence-electron chi connectivity index (χ4n) is 1.63. The molecule has 0 fully saturated rings. The number of anilines is 2. The quantitative estimate of drug-likeness (QED) is 0.855. The van der Waals surface area contributed by atoms with Gasteiger partial charge in [0.25, 0.3) is 0 Å². The Bertz CT molecular complexity index is 509. The van der Waals surface area contributed by atoms with E-state index in [0.29, 0.717) is 5.15 Å². The van der Waals surface area contributed by atoms with Crippen LogP contribution in [0.25, 0.3) is 0 Å². The van der Waals surface area contributed by atoms with Crippen LogP contribution in [0.5, 0.6) is 0 Å². The van der Waals surface area contributed by atoms with E-state index in [2.05, 4.69) is 39.5 Å². The molecule has 1 aromatic heterocycles. The van der Waals surface area contributed by atoms with E-state index >= 15 is 0 Å². The van der Waals surface area contributed by atoms with Crippen molar-refractivity contribution < 1.29 is 0 Å². The van der Waals surface area contributed by atoms with Crippen molar-refractivity contribution in [2.75, 3.05) is 24.3 Å². The van der Waals surface area contributed by atoms with Crippen LogP contribution >= 0.6 is 11.6 Å². The van der Waals surface area contributed by atoms with Crippen LogP contribution in [0.4, 0.5) is 11.4 Å². The fraction of sp³-hybridized carbons (Fsp3) is 0.214. The third kappa shape index (κ3) is 3.37. The molecule has 0 unspecified atom stereocenters. The van der Waals surface area contributed by atoms with E-state index in [1.807, 2.05) is 26.2 Å². The number of pyridine rings is 1. The molecule has 2 rings (SSSR count). The molecule has 0 aliphatic rings. The molecule has 3 nitrogen and oxygen atoms in total. The average molecular weight is 262 g/mol. The molecule has 1 N–H and O–H groups in total. The normalized spacial score (nSPS) is 10.2. The van der Waals surface area contributed by atoms with Crippen LogP contribution in [0.2, 0.25) is 5.15 Å². The van der Waals surface area contributed by atoms with Crippen molar-refractivity contribution in [1.29, 1.82) is 0 Å². The van der Waals surface area contributed by atoms with E-state index in [1.54, 1.807) is 6.20 Å². The summed E-state index contributed by atoms with van der Waals surface area (Å²) in [6.07, 6.45) is 1.69. The number of nitrogens with zero attached hydrogens (tertiary/aromatic N) is 2. The first-order chi connectivity index (χ1) is 8.65. The highest BCUT2D eigenvalue weighted by molar-refractivity contribution is 6.29. The minimum atomic E-state index is 0.503. The minimum Gasteiger partial charge on any atom is -0.381 e. The van der Waals surface area contributed by atoms with Gasteiger partial charge in [-0.2, -0.15) is 0 Å². The molecular formula is C14H16ClN3. The standard InChI is InChI=1S/C14H16ClN3/c1-18(2)13-5-3-11(4-6-13)10-17-12-7-8-16-14(15)9-12/h3-9H,10H2,1-2H3,(H,16,17). The maximum atomic E-state index is 5.83. The van der Waals surface area contributed by atoms with Crippen LogP contribution in [0.1, 0.15) is 5.56 Å². The summed E-state index contributed by atoms with van der Waals surface area (Å²) in [6.45, 7) is 0.772. The summed E-state index contributed by atoms with van der Waals surface area (Å²) in [7, 11) is 4.07. The lowest BCUT2D eigenvalue weighted by Crippen LogP contribution is -2.08. The molecule has 1 aromatic carbocycles. The molecule has 18 heavy (non-hydrogen) atoms. The maximum absolute atomic E-state index is 5.83. The third-order valence-electron chi connectivity index (χ3n) is 2.68. The second-order valence-corrected chi connectivity index (χ2v) is 4.67. The number of hydrogen-bond donors (Lipinski definition) is 1. The Labute approximate surface area is 112 Å². The molecule has 0 spiro atoms. The zero-order chi connectivity index (χ0) is 13.0. The first-order valence-corrected chi connectivity index (χ1v) is 6.14. The summed E-state index contributed by atoms with van der Waals surface area (Å²) in [6, 6.07) is 12.2. The zero-order valence-corrected chi connectivity index (χ0v) is 11.3. The van der Waals surface area contributed by atoms with Crippen LogP contribution < -0.4 is 10.2 Å². The summed E-state index contributed by atoms with van der Waals surface area (Å²) in [4.78, 5) is 6.03. The highest BCUT2D eigenvalue weighted by Crippen LogP contribution is 2.15. The van der Waals surface area contributed by atoms with Gasteiger partial charge in [0.05, 0.1) is 0 Å². The molecule has 0 aliphatic heterocycles. The van der Waals surface area contributed by atoms with Crippen molar-refractivity contribution in [1.82, 2.24) is 4.98 Å². The summed E-state index contributed by atoms with van der Waals surface area (Å²) >= 11 is 5.83. The van der Waals surface area contributed by atoms with E-state index in [9.17, 15) is 0 Å². The van der Waals surface area contributed by atoms with Crippen LogP contribution in [0.3, 0.4) is 0 Å². The minimum absolute atomic E-state index is 0.503. The average Bonchev–Trinajstić information content (AvgIpc) is 2.37. The first-order valence-electron chi connectivity index (χ1n) is 5.77. The topological polar surface area (TPSA) is 28.2 Å². The summed E-state index contributed by atoms with van der Waals surface area (Å²) in [5.74, 6) is 0. The van der Waals surface area contributed by atoms with Crippen molar-refractivity contribution in [3.8, 4) is 0 Å². The van der Waals surface area contributed by atoms with Crippen LogP contribution in [0.15, 0.2) is 42.6 Å². The molecule has 0 amide bonds. The Morgan fingerprint density at radius 3 is 2.50 bits per heavy atom. The van der Waals surface area contributed by atoms with Crippen LogP contribution in [-0.2, 0) is 6.54 Å². The molecule has 4 heteroatoms. The zero-order valence-electron chi connectivity index (χ0n) is 10.5. The predicted octanol–water partition coefficient (Wildman–Crippen LogP) is 3.41. The summed E-state index contributed by atoms with van der Waals surface area (Å²) < 4.78 is 0. The van der Waals surface area contributed by atoms with Gasteiger partial charge in [0, 0.05) is 38.2 Å². The van der Waals surface area contributed by atoms with Crippen molar-refractivity contribution in [2.45, 2.75) is 6.54 Å².